The van der Waals surface area contributed by atoms with Crippen molar-refractivity contribution in [3.8, 4) is 0 Å². The first kappa shape index (κ1) is 23.5. The second-order valence-electron chi connectivity index (χ2n) is 7.70. The molecule has 1 aliphatic heterocycles. The van der Waals surface area contributed by atoms with Crippen molar-refractivity contribution in [2.45, 2.75) is 51.2 Å². The lowest BCUT2D eigenvalue weighted by molar-refractivity contribution is -0.133. The van der Waals surface area contributed by atoms with Crippen molar-refractivity contribution in [3.05, 3.63) is 35.9 Å². The third kappa shape index (κ3) is 6.37. The summed E-state index contributed by atoms with van der Waals surface area (Å²) in [6, 6.07) is 9.55. The Kier molecular flexibility index (Phi) is 8.83. The van der Waals surface area contributed by atoms with Crippen molar-refractivity contribution in [3.63, 3.8) is 0 Å². The molecule has 2 atom stereocenters. The molecule has 0 spiro atoms. The molecule has 162 valence electrons. The minimum absolute atomic E-state index is 0.123. The summed E-state index contributed by atoms with van der Waals surface area (Å²) in [6.45, 7) is 9.33. The van der Waals surface area contributed by atoms with Gasteiger partial charge >= 0.3 is 0 Å². The van der Waals surface area contributed by atoms with Gasteiger partial charge in [0.2, 0.25) is 5.91 Å². The molecule has 2 unspecified atom stereocenters. The van der Waals surface area contributed by atoms with Crippen molar-refractivity contribution in [1.82, 2.24) is 9.80 Å². The first-order valence-electron chi connectivity index (χ1n) is 10.6. The number of amides is 2. The molecule has 6 nitrogen and oxygen atoms in total. The van der Waals surface area contributed by atoms with Gasteiger partial charge in [0.15, 0.2) is 0 Å². The first-order valence-corrected chi connectivity index (χ1v) is 12.6. The van der Waals surface area contributed by atoms with Gasteiger partial charge in [-0.3, -0.25) is 14.5 Å². The molecule has 1 aliphatic rings. The van der Waals surface area contributed by atoms with E-state index < -0.39 is 9.73 Å². The molecule has 2 amide bonds. The Labute approximate surface area is 175 Å². The summed E-state index contributed by atoms with van der Waals surface area (Å²) < 4.78 is 17.5. The Morgan fingerprint density at radius 1 is 1.14 bits per heavy atom. The van der Waals surface area contributed by atoms with Gasteiger partial charge in [-0.25, -0.2) is 4.21 Å². The summed E-state index contributed by atoms with van der Waals surface area (Å²) in [7, 11) is -2.65. The first-order chi connectivity index (χ1) is 13.8. The molecule has 1 aromatic carbocycles. The van der Waals surface area contributed by atoms with Crippen LogP contribution in [0.15, 0.2) is 34.7 Å². The maximum atomic E-state index is 13.3. The minimum Gasteiger partial charge on any atom is -0.342 e. The Morgan fingerprint density at radius 2 is 1.72 bits per heavy atom. The van der Waals surface area contributed by atoms with Crippen LogP contribution in [0, 0.1) is 0 Å². The summed E-state index contributed by atoms with van der Waals surface area (Å²) in [5.74, 6) is -0.531. The van der Waals surface area contributed by atoms with Crippen LogP contribution < -0.4 is 0 Å². The monoisotopic (exact) mass is 421 g/mol. The summed E-state index contributed by atoms with van der Waals surface area (Å²) in [5, 5.41) is -0.155. The highest BCUT2D eigenvalue weighted by molar-refractivity contribution is 7.93. The molecule has 0 saturated carbocycles. The number of hydrogen-bond acceptors (Lipinski definition) is 4. The van der Waals surface area contributed by atoms with Crippen LogP contribution in [0.1, 0.15) is 51.5 Å². The number of hydrogen-bond donors (Lipinski definition) is 0. The van der Waals surface area contributed by atoms with Crippen molar-refractivity contribution in [2.75, 3.05) is 39.0 Å². The van der Waals surface area contributed by atoms with Crippen molar-refractivity contribution in [2.24, 2.45) is 4.36 Å². The van der Waals surface area contributed by atoms with E-state index in [2.05, 4.69) is 9.26 Å². The fourth-order valence-corrected chi connectivity index (χ4v) is 5.56. The Morgan fingerprint density at radius 3 is 2.24 bits per heavy atom. The number of carbonyl (C=O) groups is 2. The van der Waals surface area contributed by atoms with Gasteiger partial charge in [0, 0.05) is 24.6 Å². The second kappa shape index (κ2) is 10.9. The minimum atomic E-state index is -2.65. The van der Waals surface area contributed by atoms with Crippen LogP contribution in [0.2, 0.25) is 0 Å². The van der Waals surface area contributed by atoms with Crippen LogP contribution in [-0.4, -0.2) is 70.1 Å². The van der Waals surface area contributed by atoms with Crippen molar-refractivity contribution < 1.29 is 13.8 Å². The van der Waals surface area contributed by atoms with Gasteiger partial charge in [-0.05, 0) is 37.9 Å². The van der Waals surface area contributed by atoms with Crippen LogP contribution in [0.3, 0.4) is 0 Å². The molecular weight excluding hydrogens is 386 g/mol. The van der Waals surface area contributed by atoms with Crippen LogP contribution in [0.4, 0.5) is 0 Å². The molecule has 1 saturated heterocycles. The third-order valence-electron chi connectivity index (χ3n) is 5.85. The summed E-state index contributed by atoms with van der Waals surface area (Å²) in [4.78, 5) is 29.2. The highest BCUT2D eigenvalue weighted by atomic mass is 32.2. The molecule has 0 aliphatic carbocycles. The normalized spacial score (nSPS) is 18.3. The largest absolute Gasteiger partial charge is 0.342 e. The fraction of sp³-hybridized carbons (Fsp3) is 0.636. The molecule has 0 N–H and O–H groups in total. The van der Waals surface area contributed by atoms with Gasteiger partial charge < -0.3 is 4.90 Å². The van der Waals surface area contributed by atoms with E-state index in [1.165, 1.54) is 0 Å². The lowest BCUT2D eigenvalue weighted by Crippen LogP contribution is -2.46. The molecule has 29 heavy (non-hydrogen) atoms. The molecule has 7 heteroatoms. The lowest BCUT2D eigenvalue weighted by Gasteiger charge is -2.33. The van der Waals surface area contributed by atoms with Gasteiger partial charge in [0.25, 0.3) is 5.91 Å². The van der Waals surface area contributed by atoms with Gasteiger partial charge in [-0.2, -0.15) is 4.36 Å². The Balaban J connectivity index is 2.02. The second-order valence-corrected chi connectivity index (χ2v) is 10.3. The zero-order valence-corrected chi connectivity index (χ0v) is 19.0. The molecule has 0 radical (unpaired) electrons. The van der Waals surface area contributed by atoms with E-state index in [1.54, 1.807) is 6.26 Å². The van der Waals surface area contributed by atoms with E-state index >= 15 is 0 Å². The standard InChI is InChI=1S/C22H35N3O3S/c1-5-20(18-11-9-8-10-12-18)22(27)23-29(4,28)19-13-15-25(16-14-19)21(26)17-24(6-2)7-3/h8-12,19-20H,5-7,13-17H2,1-4H3. The van der Waals surface area contributed by atoms with Gasteiger partial charge in [-0.15, -0.1) is 0 Å². The highest BCUT2D eigenvalue weighted by Gasteiger charge is 2.30. The van der Waals surface area contributed by atoms with Gasteiger partial charge in [0.1, 0.15) is 0 Å². The van der Waals surface area contributed by atoms with Crippen LogP contribution >= 0.6 is 0 Å². The summed E-state index contributed by atoms with van der Waals surface area (Å²) >= 11 is 0. The predicted molar refractivity (Wildman–Crippen MR) is 118 cm³/mol. The summed E-state index contributed by atoms with van der Waals surface area (Å²) in [6.07, 6.45) is 3.47. The Bertz CT molecular complexity index is 791. The topological polar surface area (TPSA) is 70.0 Å². The van der Waals surface area contributed by atoms with Crippen LogP contribution in [-0.2, 0) is 19.3 Å². The van der Waals surface area contributed by atoms with E-state index in [0.717, 1.165) is 18.7 Å². The number of rotatable bonds is 8. The molecule has 2 rings (SSSR count). The number of likely N-dealkylation sites (tertiary alicyclic amines) is 1. The van der Waals surface area contributed by atoms with E-state index in [-0.39, 0.29) is 23.0 Å². The van der Waals surface area contributed by atoms with Crippen LogP contribution in [0.5, 0.6) is 0 Å². The summed E-state index contributed by atoms with van der Waals surface area (Å²) in [5.41, 5.74) is 0.913. The molecule has 1 heterocycles. The fourth-order valence-electron chi connectivity index (χ4n) is 3.84. The van der Waals surface area contributed by atoms with E-state index in [0.29, 0.717) is 38.9 Å². The van der Waals surface area contributed by atoms with Gasteiger partial charge in [0.05, 0.1) is 22.2 Å². The smallest absolute Gasteiger partial charge is 0.261 e. The molecular formula is C22H35N3O3S. The number of likely N-dealkylation sites (N-methyl/N-ethyl adjacent to an activating group) is 1. The maximum Gasteiger partial charge on any atom is 0.261 e. The average Bonchev–Trinajstić information content (AvgIpc) is 2.73. The van der Waals surface area contributed by atoms with E-state index in [1.807, 2.05) is 56.0 Å². The molecule has 0 bridgehead atoms. The lowest BCUT2D eigenvalue weighted by atomic mass is 9.96. The molecule has 0 aromatic heterocycles. The predicted octanol–water partition coefficient (Wildman–Crippen LogP) is 3.14. The molecule has 1 aromatic rings. The number of piperidine rings is 1. The van der Waals surface area contributed by atoms with Crippen LogP contribution in [0.25, 0.3) is 0 Å². The number of carbonyl (C=O) groups excluding carboxylic acids is 2. The van der Waals surface area contributed by atoms with E-state index in [4.69, 9.17) is 0 Å². The zero-order chi connectivity index (χ0) is 21.4. The van der Waals surface area contributed by atoms with E-state index in [9.17, 15) is 13.8 Å². The quantitative estimate of drug-likeness (QED) is 0.647. The third-order valence-corrected chi connectivity index (χ3v) is 8.10. The number of benzene rings is 1. The Hall–Kier alpha value is -1.73. The molecule has 1 fully saturated rings. The number of nitrogens with zero attached hydrogens (tertiary/aromatic N) is 3. The maximum absolute atomic E-state index is 13.3. The average molecular weight is 422 g/mol. The SMILES string of the molecule is CCC(C(=O)N=S(C)(=O)C1CCN(C(=O)CN(CC)CC)CC1)c1ccccc1. The zero-order valence-electron chi connectivity index (χ0n) is 18.2. The van der Waals surface area contributed by atoms with Crippen molar-refractivity contribution >= 4 is 21.5 Å². The van der Waals surface area contributed by atoms with Crippen molar-refractivity contribution in [1.29, 1.82) is 0 Å². The van der Waals surface area contributed by atoms with Gasteiger partial charge in [-0.1, -0.05) is 51.1 Å². The highest BCUT2D eigenvalue weighted by Crippen LogP contribution is 2.24.